The molecule has 0 saturated heterocycles. The molecule has 8 heteroatoms. The number of nitrogens with one attached hydrogen (secondary N) is 2. The van der Waals surface area contributed by atoms with Gasteiger partial charge in [-0.1, -0.05) is 19.9 Å². The van der Waals surface area contributed by atoms with Gasteiger partial charge in [0.25, 0.3) is 0 Å². The van der Waals surface area contributed by atoms with Crippen LogP contribution in [-0.4, -0.2) is 42.6 Å². The molecule has 4 rings (SSSR count). The molecule has 1 aromatic carbocycles. The molecule has 0 spiro atoms. The lowest BCUT2D eigenvalue weighted by molar-refractivity contribution is 0.0983. The van der Waals surface area contributed by atoms with Crippen molar-refractivity contribution in [1.82, 2.24) is 24.9 Å². The van der Waals surface area contributed by atoms with Crippen LogP contribution >= 0.6 is 0 Å². The summed E-state index contributed by atoms with van der Waals surface area (Å²) in [6.45, 7) is 4.12. The minimum atomic E-state index is -0.130. The number of hydrogen-bond acceptors (Lipinski definition) is 6. The average molecular weight is 431 g/mol. The largest absolute Gasteiger partial charge is 0.489 e. The van der Waals surface area contributed by atoms with Crippen LogP contribution in [0.3, 0.4) is 0 Å². The molecule has 0 aliphatic heterocycles. The lowest BCUT2D eigenvalue weighted by Gasteiger charge is -2.15. The first kappa shape index (κ1) is 21.4. The fourth-order valence-electron chi connectivity index (χ4n) is 3.57. The zero-order valence-corrected chi connectivity index (χ0v) is 18.1. The molecule has 8 nitrogen and oxygen atoms in total. The number of H-pyrrole nitrogens is 2. The highest BCUT2D eigenvalue weighted by Gasteiger charge is 2.17. The molecule has 0 aliphatic carbocycles. The molecule has 0 bridgehead atoms. The number of hydrogen-bond donors (Lipinski definition) is 2. The van der Waals surface area contributed by atoms with Crippen molar-refractivity contribution in [2.75, 3.05) is 0 Å². The average Bonchev–Trinajstić information content (AvgIpc) is 3.46. The third-order valence-corrected chi connectivity index (χ3v) is 5.32. The van der Waals surface area contributed by atoms with E-state index < -0.39 is 0 Å². The molecule has 2 N–H and O–H groups in total. The standard InChI is InChI=1S/C24H25N5O3/c1-3-16(4-2)32-17-10-15(13-25-14-17)20(30)11-23-28-19-7-5-6-18(24(19)29-23)21(31)12-22-26-8-9-27-22/h5-10,13-14,16H,3-4,11-12H2,1-2H3,(H,26,27)(H,28,29). The van der Waals surface area contributed by atoms with E-state index >= 15 is 0 Å². The first-order valence-electron chi connectivity index (χ1n) is 10.7. The van der Waals surface area contributed by atoms with E-state index in [9.17, 15) is 9.59 Å². The van der Waals surface area contributed by atoms with Gasteiger partial charge in [-0.15, -0.1) is 0 Å². The van der Waals surface area contributed by atoms with E-state index in [0.717, 1.165) is 12.8 Å². The van der Waals surface area contributed by atoms with Gasteiger partial charge >= 0.3 is 0 Å². The molecule has 164 valence electrons. The van der Waals surface area contributed by atoms with Crippen molar-refractivity contribution in [1.29, 1.82) is 0 Å². The summed E-state index contributed by atoms with van der Waals surface area (Å²) in [4.78, 5) is 44.5. The Morgan fingerprint density at radius 2 is 1.88 bits per heavy atom. The van der Waals surface area contributed by atoms with E-state index in [2.05, 4.69) is 38.8 Å². The predicted molar refractivity (Wildman–Crippen MR) is 120 cm³/mol. The van der Waals surface area contributed by atoms with E-state index in [4.69, 9.17) is 4.74 Å². The van der Waals surface area contributed by atoms with Crippen LogP contribution < -0.4 is 4.74 Å². The van der Waals surface area contributed by atoms with Crippen LogP contribution in [0.25, 0.3) is 11.0 Å². The maximum absolute atomic E-state index is 12.9. The summed E-state index contributed by atoms with van der Waals surface area (Å²) < 4.78 is 5.90. The zero-order chi connectivity index (χ0) is 22.5. The third-order valence-electron chi connectivity index (χ3n) is 5.32. The molecular formula is C24H25N5O3. The number of carbonyl (C=O) groups is 2. The molecule has 0 amide bonds. The Labute approximate surface area is 185 Å². The van der Waals surface area contributed by atoms with Crippen molar-refractivity contribution in [3.05, 3.63) is 71.8 Å². The Balaban J connectivity index is 1.52. The van der Waals surface area contributed by atoms with Crippen molar-refractivity contribution in [3.8, 4) is 5.75 Å². The second-order valence-electron chi connectivity index (χ2n) is 7.59. The highest BCUT2D eigenvalue weighted by molar-refractivity contribution is 6.07. The number of carbonyl (C=O) groups excluding carboxylic acids is 2. The topological polar surface area (TPSA) is 114 Å². The number of ether oxygens (including phenoxy) is 1. The van der Waals surface area contributed by atoms with Crippen molar-refractivity contribution in [2.24, 2.45) is 0 Å². The molecule has 3 heterocycles. The van der Waals surface area contributed by atoms with E-state index in [1.807, 2.05) is 6.07 Å². The highest BCUT2D eigenvalue weighted by Crippen LogP contribution is 2.20. The smallest absolute Gasteiger partial charge is 0.172 e. The second kappa shape index (κ2) is 9.55. The Bertz CT molecular complexity index is 1230. The molecule has 0 radical (unpaired) electrons. The lowest BCUT2D eigenvalue weighted by Crippen LogP contribution is -2.14. The van der Waals surface area contributed by atoms with Crippen LogP contribution in [0.2, 0.25) is 0 Å². The summed E-state index contributed by atoms with van der Waals surface area (Å²) in [5.74, 6) is 1.45. The second-order valence-corrected chi connectivity index (χ2v) is 7.59. The Hall–Kier alpha value is -3.81. The van der Waals surface area contributed by atoms with Crippen molar-refractivity contribution >= 4 is 22.6 Å². The zero-order valence-electron chi connectivity index (χ0n) is 18.1. The summed E-state index contributed by atoms with van der Waals surface area (Å²) >= 11 is 0. The number of aromatic amines is 2. The Morgan fingerprint density at radius 1 is 1.06 bits per heavy atom. The van der Waals surface area contributed by atoms with Gasteiger partial charge in [0.15, 0.2) is 11.6 Å². The molecule has 0 fully saturated rings. The van der Waals surface area contributed by atoms with E-state index in [0.29, 0.717) is 39.6 Å². The van der Waals surface area contributed by atoms with Gasteiger partial charge in [-0.25, -0.2) is 9.97 Å². The minimum Gasteiger partial charge on any atom is -0.489 e. The molecule has 0 saturated carbocycles. The number of Topliss-reactive ketones (excluding diaryl/α,β-unsaturated/α-hetero) is 2. The Kier molecular flexibility index (Phi) is 6.39. The van der Waals surface area contributed by atoms with E-state index in [1.54, 1.807) is 36.8 Å². The van der Waals surface area contributed by atoms with Gasteiger partial charge in [0.1, 0.15) is 17.4 Å². The van der Waals surface area contributed by atoms with Gasteiger partial charge in [0.05, 0.1) is 36.2 Å². The van der Waals surface area contributed by atoms with Crippen molar-refractivity contribution in [3.63, 3.8) is 0 Å². The number of pyridine rings is 1. The van der Waals surface area contributed by atoms with Gasteiger partial charge in [-0.2, -0.15) is 0 Å². The SMILES string of the molecule is CCC(CC)Oc1cncc(C(=O)Cc2nc3c(C(=O)Cc4ncc[nH]4)cccc3[nH]2)c1. The van der Waals surface area contributed by atoms with Crippen molar-refractivity contribution < 1.29 is 14.3 Å². The molecular weight excluding hydrogens is 406 g/mol. The summed E-state index contributed by atoms with van der Waals surface area (Å²) in [6.07, 6.45) is 8.52. The van der Waals surface area contributed by atoms with Crippen LogP contribution in [-0.2, 0) is 12.8 Å². The minimum absolute atomic E-state index is 0.0661. The van der Waals surface area contributed by atoms with Crippen LogP contribution in [0.5, 0.6) is 5.75 Å². The normalized spacial score (nSPS) is 11.2. The van der Waals surface area contributed by atoms with Crippen LogP contribution in [0.15, 0.2) is 49.1 Å². The fourth-order valence-corrected chi connectivity index (χ4v) is 3.57. The number of imidazole rings is 2. The number of fused-ring (bicyclic) bond motifs is 1. The van der Waals surface area contributed by atoms with Gasteiger partial charge < -0.3 is 14.7 Å². The lowest BCUT2D eigenvalue weighted by atomic mass is 10.1. The Morgan fingerprint density at radius 3 is 2.62 bits per heavy atom. The number of rotatable bonds is 10. The summed E-state index contributed by atoms with van der Waals surface area (Å²) in [7, 11) is 0. The number of nitrogens with zero attached hydrogens (tertiary/aromatic N) is 3. The number of benzene rings is 1. The van der Waals surface area contributed by atoms with E-state index in [1.165, 1.54) is 6.20 Å². The van der Waals surface area contributed by atoms with Gasteiger partial charge in [0.2, 0.25) is 0 Å². The predicted octanol–water partition coefficient (Wildman–Crippen LogP) is 4.10. The van der Waals surface area contributed by atoms with Gasteiger partial charge in [0, 0.05) is 29.7 Å². The molecule has 32 heavy (non-hydrogen) atoms. The fraction of sp³-hybridized carbons (Fsp3) is 0.292. The molecule has 3 aromatic heterocycles. The first-order chi connectivity index (χ1) is 15.6. The number of aromatic nitrogens is 5. The third kappa shape index (κ3) is 4.74. The monoisotopic (exact) mass is 431 g/mol. The maximum Gasteiger partial charge on any atom is 0.172 e. The van der Waals surface area contributed by atoms with Crippen molar-refractivity contribution in [2.45, 2.75) is 45.6 Å². The van der Waals surface area contributed by atoms with Crippen LogP contribution in [0.4, 0.5) is 0 Å². The molecule has 0 unspecified atom stereocenters. The summed E-state index contributed by atoms with van der Waals surface area (Å²) in [5, 5.41) is 0. The first-order valence-corrected chi connectivity index (χ1v) is 10.7. The molecule has 4 aromatic rings. The molecule has 0 aliphatic rings. The quantitative estimate of drug-likeness (QED) is 0.366. The van der Waals surface area contributed by atoms with Crippen LogP contribution in [0.1, 0.15) is 59.1 Å². The summed E-state index contributed by atoms with van der Waals surface area (Å²) in [5.41, 5.74) is 2.22. The number of para-hydroxylation sites is 1. The highest BCUT2D eigenvalue weighted by atomic mass is 16.5. The number of ketones is 2. The summed E-state index contributed by atoms with van der Waals surface area (Å²) in [6, 6.07) is 7.09. The van der Waals surface area contributed by atoms with Gasteiger partial charge in [-0.05, 0) is 31.0 Å². The maximum atomic E-state index is 12.9. The molecule has 0 atom stereocenters. The van der Waals surface area contributed by atoms with Crippen LogP contribution in [0, 0.1) is 0 Å². The van der Waals surface area contributed by atoms with Gasteiger partial charge in [-0.3, -0.25) is 14.6 Å². The van der Waals surface area contributed by atoms with E-state index in [-0.39, 0.29) is 30.5 Å².